The van der Waals surface area contributed by atoms with Crippen LogP contribution in [-0.4, -0.2) is 24.1 Å². The Morgan fingerprint density at radius 3 is 2.58 bits per heavy atom. The maximum atomic E-state index is 4.73. The summed E-state index contributed by atoms with van der Waals surface area (Å²) in [6, 6.07) is 6.74. The lowest BCUT2D eigenvalue weighted by Crippen LogP contribution is -2.32. The van der Waals surface area contributed by atoms with E-state index in [0.29, 0.717) is 6.04 Å². The first kappa shape index (κ1) is 15.8. The molecule has 0 aromatic carbocycles. The zero-order valence-electron chi connectivity index (χ0n) is 12.9. The number of nitrogens with zero attached hydrogens (tertiary/aromatic N) is 2. The van der Waals surface area contributed by atoms with Crippen LogP contribution in [0.1, 0.15) is 53.4 Å². The van der Waals surface area contributed by atoms with Crippen LogP contribution in [-0.2, 0) is 0 Å². The molecule has 0 atom stereocenters. The van der Waals surface area contributed by atoms with E-state index in [4.69, 9.17) is 4.98 Å². The molecule has 0 aliphatic rings. The van der Waals surface area contributed by atoms with Crippen molar-refractivity contribution in [2.75, 3.05) is 23.3 Å². The molecule has 0 unspecified atom stereocenters. The van der Waals surface area contributed by atoms with E-state index in [1.54, 1.807) is 0 Å². The first-order valence-electron chi connectivity index (χ1n) is 7.66. The SMILES string of the molecule is CCCCCN(c1cccc(NCCC)n1)C(C)C. The monoisotopic (exact) mass is 263 g/mol. The number of hydrogen-bond donors (Lipinski definition) is 1. The molecule has 0 saturated carbocycles. The number of rotatable bonds is 9. The predicted molar refractivity (Wildman–Crippen MR) is 85.0 cm³/mol. The molecule has 1 aromatic heterocycles. The van der Waals surface area contributed by atoms with Gasteiger partial charge in [0, 0.05) is 19.1 Å². The van der Waals surface area contributed by atoms with Crippen LogP contribution in [0.3, 0.4) is 0 Å². The largest absolute Gasteiger partial charge is 0.370 e. The lowest BCUT2D eigenvalue weighted by molar-refractivity contribution is 0.620. The molecule has 1 N–H and O–H groups in total. The number of aromatic nitrogens is 1. The Morgan fingerprint density at radius 2 is 1.95 bits per heavy atom. The van der Waals surface area contributed by atoms with Crippen LogP contribution in [0, 0.1) is 0 Å². The minimum atomic E-state index is 0.491. The molecule has 0 radical (unpaired) electrons. The van der Waals surface area contributed by atoms with Crippen molar-refractivity contribution in [3.8, 4) is 0 Å². The first-order chi connectivity index (χ1) is 9.19. The predicted octanol–water partition coefficient (Wildman–Crippen LogP) is 4.31. The zero-order valence-corrected chi connectivity index (χ0v) is 12.9. The second-order valence-electron chi connectivity index (χ2n) is 5.30. The van der Waals surface area contributed by atoms with E-state index in [-0.39, 0.29) is 0 Å². The zero-order chi connectivity index (χ0) is 14.1. The molecular formula is C16H29N3. The van der Waals surface area contributed by atoms with Gasteiger partial charge in [-0.2, -0.15) is 0 Å². The Bertz CT molecular complexity index is 350. The summed E-state index contributed by atoms with van der Waals surface area (Å²) >= 11 is 0. The van der Waals surface area contributed by atoms with Crippen LogP contribution in [0.25, 0.3) is 0 Å². The molecule has 0 bridgehead atoms. The summed E-state index contributed by atoms with van der Waals surface area (Å²) in [5.74, 6) is 2.08. The summed E-state index contributed by atoms with van der Waals surface area (Å²) in [4.78, 5) is 7.12. The molecule has 0 amide bonds. The van der Waals surface area contributed by atoms with Gasteiger partial charge < -0.3 is 10.2 Å². The Balaban J connectivity index is 2.71. The maximum absolute atomic E-state index is 4.73. The number of pyridine rings is 1. The summed E-state index contributed by atoms with van der Waals surface area (Å²) < 4.78 is 0. The molecule has 1 rings (SSSR count). The molecule has 0 fully saturated rings. The topological polar surface area (TPSA) is 28.2 Å². The van der Waals surface area contributed by atoms with Gasteiger partial charge in [0.05, 0.1) is 0 Å². The van der Waals surface area contributed by atoms with E-state index in [1.165, 1.54) is 19.3 Å². The van der Waals surface area contributed by atoms with Crippen LogP contribution in [0.5, 0.6) is 0 Å². The normalized spacial score (nSPS) is 10.8. The van der Waals surface area contributed by atoms with Gasteiger partial charge in [0.2, 0.25) is 0 Å². The minimum absolute atomic E-state index is 0.491. The fraction of sp³-hybridized carbons (Fsp3) is 0.688. The summed E-state index contributed by atoms with van der Waals surface area (Å²) in [5.41, 5.74) is 0. The van der Waals surface area contributed by atoms with Gasteiger partial charge in [0.1, 0.15) is 11.6 Å². The average molecular weight is 263 g/mol. The van der Waals surface area contributed by atoms with Gasteiger partial charge in [-0.25, -0.2) is 4.98 Å². The van der Waals surface area contributed by atoms with E-state index in [9.17, 15) is 0 Å². The highest BCUT2D eigenvalue weighted by atomic mass is 15.2. The van der Waals surface area contributed by atoms with Crippen LogP contribution in [0.15, 0.2) is 18.2 Å². The maximum Gasteiger partial charge on any atom is 0.131 e. The lowest BCUT2D eigenvalue weighted by atomic mass is 10.2. The van der Waals surface area contributed by atoms with Gasteiger partial charge in [0.25, 0.3) is 0 Å². The lowest BCUT2D eigenvalue weighted by Gasteiger charge is -2.28. The third-order valence-electron chi connectivity index (χ3n) is 3.21. The average Bonchev–Trinajstić information content (AvgIpc) is 2.41. The van der Waals surface area contributed by atoms with Gasteiger partial charge in [-0.15, -0.1) is 0 Å². The Morgan fingerprint density at radius 1 is 1.16 bits per heavy atom. The molecule has 0 aliphatic carbocycles. The van der Waals surface area contributed by atoms with Crippen molar-refractivity contribution in [3.63, 3.8) is 0 Å². The molecule has 1 aromatic rings. The van der Waals surface area contributed by atoms with E-state index >= 15 is 0 Å². The van der Waals surface area contributed by atoms with Crippen molar-refractivity contribution in [2.24, 2.45) is 0 Å². The molecular weight excluding hydrogens is 234 g/mol. The molecule has 19 heavy (non-hydrogen) atoms. The highest BCUT2D eigenvalue weighted by Crippen LogP contribution is 2.18. The van der Waals surface area contributed by atoms with E-state index in [2.05, 4.69) is 50.0 Å². The number of anilines is 2. The van der Waals surface area contributed by atoms with Crippen LogP contribution < -0.4 is 10.2 Å². The van der Waals surface area contributed by atoms with E-state index in [1.807, 2.05) is 6.07 Å². The quantitative estimate of drug-likeness (QED) is 0.673. The molecule has 3 heteroatoms. The van der Waals surface area contributed by atoms with Crippen LogP contribution in [0.2, 0.25) is 0 Å². The highest BCUT2D eigenvalue weighted by molar-refractivity contribution is 5.47. The summed E-state index contributed by atoms with van der Waals surface area (Å²) in [6.45, 7) is 11.0. The van der Waals surface area contributed by atoms with Crippen molar-refractivity contribution in [3.05, 3.63) is 18.2 Å². The minimum Gasteiger partial charge on any atom is -0.370 e. The van der Waals surface area contributed by atoms with Crippen molar-refractivity contribution >= 4 is 11.6 Å². The van der Waals surface area contributed by atoms with Crippen molar-refractivity contribution in [1.29, 1.82) is 0 Å². The molecule has 3 nitrogen and oxygen atoms in total. The first-order valence-corrected chi connectivity index (χ1v) is 7.66. The van der Waals surface area contributed by atoms with Crippen LogP contribution in [0.4, 0.5) is 11.6 Å². The van der Waals surface area contributed by atoms with Crippen molar-refractivity contribution in [2.45, 2.75) is 59.4 Å². The van der Waals surface area contributed by atoms with Crippen molar-refractivity contribution in [1.82, 2.24) is 4.98 Å². The third-order valence-corrected chi connectivity index (χ3v) is 3.21. The summed E-state index contributed by atoms with van der Waals surface area (Å²) in [7, 11) is 0. The fourth-order valence-electron chi connectivity index (χ4n) is 2.10. The molecule has 108 valence electrons. The summed E-state index contributed by atoms with van der Waals surface area (Å²) in [6.07, 6.45) is 4.91. The number of nitrogens with one attached hydrogen (secondary N) is 1. The van der Waals surface area contributed by atoms with E-state index in [0.717, 1.165) is 31.1 Å². The second-order valence-corrected chi connectivity index (χ2v) is 5.30. The smallest absolute Gasteiger partial charge is 0.131 e. The summed E-state index contributed by atoms with van der Waals surface area (Å²) in [5, 5.41) is 3.36. The number of unbranched alkanes of at least 4 members (excludes halogenated alkanes) is 2. The molecule has 0 spiro atoms. The van der Waals surface area contributed by atoms with Gasteiger partial charge in [-0.1, -0.05) is 32.8 Å². The third kappa shape index (κ3) is 5.50. The van der Waals surface area contributed by atoms with Gasteiger partial charge in [-0.05, 0) is 38.8 Å². The van der Waals surface area contributed by atoms with Gasteiger partial charge in [-0.3, -0.25) is 0 Å². The standard InChI is InChI=1S/C16H29N3/c1-5-7-8-13-19(14(3)4)16-11-9-10-15(18-16)17-12-6-2/h9-11,14H,5-8,12-13H2,1-4H3,(H,17,18). The Kier molecular flexibility index (Phi) is 7.31. The Labute approximate surface area is 118 Å². The Hall–Kier alpha value is -1.25. The van der Waals surface area contributed by atoms with Gasteiger partial charge >= 0.3 is 0 Å². The van der Waals surface area contributed by atoms with Crippen LogP contribution >= 0.6 is 0 Å². The second kappa shape index (κ2) is 8.78. The molecule has 1 heterocycles. The highest BCUT2D eigenvalue weighted by Gasteiger charge is 2.11. The molecule has 0 saturated heterocycles. The molecule has 0 aliphatic heterocycles. The fourth-order valence-corrected chi connectivity index (χ4v) is 2.10. The van der Waals surface area contributed by atoms with E-state index < -0.39 is 0 Å². The number of hydrogen-bond acceptors (Lipinski definition) is 3. The van der Waals surface area contributed by atoms with Crippen molar-refractivity contribution < 1.29 is 0 Å². The van der Waals surface area contributed by atoms with Gasteiger partial charge in [0.15, 0.2) is 0 Å².